The highest BCUT2D eigenvalue weighted by atomic mass is 16.6. The van der Waals surface area contributed by atoms with Crippen molar-refractivity contribution in [2.24, 2.45) is 17.1 Å². The number of amides is 1. The van der Waals surface area contributed by atoms with Crippen molar-refractivity contribution in [2.75, 3.05) is 19.6 Å². The zero-order valence-electron chi connectivity index (χ0n) is 15.2. The minimum absolute atomic E-state index is 0.240. The number of rotatable bonds is 4. The maximum Gasteiger partial charge on any atom is 0.410 e. The standard InChI is InChI=1S/C18H34N2O3/c1-5-6-14-7-9-17(11-19,10-8-14)18(22)12-20(13-18)15(21)23-16(2,3)4/h14,22H,5-13,19H2,1-4H3. The zero-order valence-corrected chi connectivity index (χ0v) is 15.2. The molecule has 1 saturated heterocycles. The Morgan fingerprint density at radius 1 is 1.30 bits per heavy atom. The summed E-state index contributed by atoms with van der Waals surface area (Å²) < 4.78 is 5.38. The van der Waals surface area contributed by atoms with Crippen LogP contribution in [0.25, 0.3) is 0 Å². The number of nitrogens with two attached hydrogens (primary N) is 1. The second-order valence-corrected chi connectivity index (χ2v) is 8.58. The topological polar surface area (TPSA) is 75.8 Å². The van der Waals surface area contributed by atoms with Crippen molar-refractivity contribution in [1.29, 1.82) is 0 Å². The lowest BCUT2D eigenvalue weighted by Gasteiger charge is -2.58. The Bertz CT molecular complexity index is 416. The molecular formula is C18H34N2O3. The van der Waals surface area contributed by atoms with E-state index >= 15 is 0 Å². The molecule has 1 heterocycles. The zero-order chi connectivity index (χ0) is 17.3. The van der Waals surface area contributed by atoms with Crippen LogP contribution in [-0.2, 0) is 4.74 Å². The second kappa shape index (κ2) is 6.60. The van der Waals surface area contributed by atoms with Crippen molar-refractivity contribution in [1.82, 2.24) is 4.90 Å². The van der Waals surface area contributed by atoms with E-state index in [1.54, 1.807) is 4.90 Å². The lowest BCUT2D eigenvalue weighted by molar-refractivity contribution is -0.184. The predicted octanol–water partition coefficient (Wildman–Crippen LogP) is 2.90. The third-order valence-electron chi connectivity index (χ3n) is 5.69. The summed E-state index contributed by atoms with van der Waals surface area (Å²) in [6.07, 6.45) is 6.35. The summed E-state index contributed by atoms with van der Waals surface area (Å²) in [6.45, 7) is 8.97. The molecule has 5 nitrogen and oxygen atoms in total. The fourth-order valence-corrected chi connectivity index (χ4v) is 4.16. The summed E-state index contributed by atoms with van der Waals surface area (Å²) in [5.41, 5.74) is 4.48. The van der Waals surface area contributed by atoms with Gasteiger partial charge < -0.3 is 20.5 Å². The van der Waals surface area contributed by atoms with Gasteiger partial charge >= 0.3 is 6.09 Å². The molecule has 0 atom stereocenters. The van der Waals surface area contributed by atoms with Crippen LogP contribution in [0, 0.1) is 11.3 Å². The van der Waals surface area contributed by atoms with Crippen LogP contribution in [0.4, 0.5) is 4.79 Å². The Hall–Kier alpha value is -0.810. The molecule has 5 heteroatoms. The normalized spacial score (nSPS) is 30.7. The molecule has 1 saturated carbocycles. The van der Waals surface area contributed by atoms with E-state index in [1.165, 1.54) is 12.8 Å². The van der Waals surface area contributed by atoms with Gasteiger partial charge in [0, 0.05) is 12.0 Å². The van der Waals surface area contributed by atoms with Crippen molar-refractivity contribution < 1.29 is 14.6 Å². The van der Waals surface area contributed by atoms with E-state index in [4.69, 9.17) is 10.5 Å². The fraction of sp³-hybridized carbons (Fsp3) is 0.944. The number of nitrogens with zero attached hydrogens (tertiary/aromatic N) is 1. The number of likely N-dealkylation sites (tertiary alicyclic amines) is 1. The van der Waals surface area contributed by atoms with Gasteiger partial charge in [0.2, 0.25) is 0 Å². The summed E-state index contributed by atoms with van der Waals surface area (Å²) in [6, 6.07) is 0. The Morgan fingerprint density at radius 3 is 2.30 bits per heavy atom. The number of carbonyl (C=O) groups is 1. The van der Waals surface area contributed by atoms with Gasteiger partial charge in [0.05, 0.1) is 13.1 Å². The average molecular weight is 326 g/mol. The number of aliphatic hydroxyl groups is 1. The van der Waals surface area contributed by atoms with E-state index in [-0.39, 0.29) is 11.5 Å². The summed E-state index contributed by atoms with van der Waals surface area (Å²) >= 11 is 0. The molecule has 0 radical (unpaired) electrons. The van der Waals surface area contributed by atoms with Crippen molar-refractivity contribution in [3.05, 3.63) is 0 Å². The van der Waals surface area contributed by atoms with Gasteiger partial charge in [-0.1, -0.05) is 19.8 Å². The van der Waals surface area contributed by atoms with E-state index < -0.39 is 11.2 Å². The Balaban J connectivity index is 1.95. The molecule has 2 aliphatic rings. The van der Waals surface area contributed by atoms with Crippen molar-refractivity contribution >= 4 is 6.09 Å². The van der Waals surface area contributed by atoms with Crippen molar-refractivity contribution in [3.8, 4) is 0 Å². The minimum Gasteiger partial charge on any atom is -0.444 e. The second-order valence-electron chi connectivity index (χ2n) is 8.58. The number of hydrogen-bond donors (Lipinski definition) is 2. The molecule has 0 bridgehead atoms. The Morgan fingerprint density at radius 2 is 1.87 bits per heavy atom. The largest absolute Gasteiger partial charge is 0.444 e. The summed E-state index contributed by atoms with van der Waals surface area (Å²) in [4.78, 5) is 13.7. The van der Waals surface area contributed by atoms with Crippen LogP contribution in [-0.4, -0.2) is 46.9 Å². The molecule has 1 aliphatic carbocycles. The lowest BCUT2D eigenvalue weighted by atomic mass is 9.58. The van der Waals surface area contributed by atoms with Crippen LogP contribution in [0.2, 0.25) is 0 Å². The Kier molecular flexibility index (Phi) is 5.31. The van der Waals surface area contributed by atoms with Gasteiger partial charge in [-0.15, -0.1) is 0 Å². The summed E-state index contributed by atoms with van der Waals surface area (Å²) in [5, 5.41) is 11.1. The van der Waals surface area contributed by atoms with Gasteiger partial charge in [-0.3, -0.25) is 0 Å². The highest BCUT2D eigenvalue weighted by molar-refractivity contribution is 5.69. The van der Waals surface area contributed by atoms with Crippen LogP contribution < -0.4 is 5.73 Å². The quantitative estimate of drug-likeness (QED) is 0.833. The SMILES string of the molecule is CCCC1CCC(CN)(C2(O)CN(C(=O)OC(C)(C)C)C2)CC1. The van der Waals surface area contributed by atoms with Gasteiger partial charge in [0.25, 0.3) is 0 Å². The molecule has 23 heavy (non-hydrogen) atoms. The maximum atomic E-state index is 12.1. The van der Waals surface area contributed by atoms with Gasteiger partial charge in [-0.25, -0.2) is 4.79 Å². The van der Waals surface area contributed by atoms with Gasteiger partial charge in [0.1, 0.15) is 11.2 Å². The molecule has 3 N–H and O–H groups in total. The smallest absolute Gasteiger partial charge is 0.410 e. The molecular weight excluding hydrogens is 292 g/mol. The fourth-order valence-electron chi connectivity index (χ4n) is 4.16. The van der Waals surface area contributed by atoms with Crippen molar-refractivity contribution in [2.45, 2.75) is 77.4 Å². The summed E-state index contributed by atoms with van der Waals surface area (Å²) in [7, 11) is 0. The molecule has 2 rings (SSSR count). The molecule has 0 aromatic heterocycles. The molecule has 134 valence electrons. The van der Waals surface area contributed by atoms with Crippen LogP contribution in [0.1, 0.15) is 66.2 Å². The number of ether oxygens (including phenoxy) is 1. The Labute approximate surface area is 140 Å². The molecule has 1 amide bonds. The first-order valence-corrected chi connectivity index (χ1v) is 9.05. The van der Waals surface area contributed by atoms with Crippen molar-refractivity contribution in [3.63, 3.8) is 0 Å². The summed E-state index contributed by atoms with van der Waals surface area (Å²) in [5.74, 6) is 0.769. The minimum atomic E-state index is -0.851. The first-order chi connectivity index (χ1) is 10.6. The number of carbonyl (C=O) groups excluding carboxylic acids is 1. The average Bonchev–Trinajstić information content (AvgIpc) is 2.43. The number of β-amino-alcohol motifs (C(OH)–C–C–N with tert-alkyl or cyclic N) is 1. The van der Waals surface area contributed by atoms with Crippen LogP contribution in [0.3, 0.4) is 0 Å². The van der Waals surface area contributed by atoms with E-state index in [0.717, 1.165) is 31.6 Å². The molecule has 0 aromatic carbocycles. The van der Waals surface area contributed by atoms with Gasteiger partial charge in [0.15, 0.2) is 0 Å². The third kappa shape index (κ3) is 3.82. The lowest BCUT2D eigenvalue weighted by Crippen LogP contribution is -2.73. The first-order valence-electron chi connectivity index (χ1n) is 9.05. The van der Waals surface area contributed by atoms with E-state index in [9.17, 15) is 9.90 Å². The first kappa shape index (κ1) is 18.5. The van der Waals surface area contributed by atoms with E-state index in [0.29, 0.717) is 19.6 Å². The van der Waals surface area contributed by atoms with E-state index in [1.807, 2.05) is 20.8 Å². The molecule has 0 unspecified atom stereocenters. The molecule has 0 aromatic rings. The highest BCUT2D eigenvalue weighted by Crippen LogP contribution is 2.50. The van der Waals surface area contributed by atoms with Crippen LogP contribution in [0.15, 0.2) is 0 Å². The van der Waals surface area contributed by atoms with Crippen LogP contribution >= 0.6 is 0 Å². The highest BCUT2D eigenvalue weighted by Gasteiger charge is 2.58. The van der Waals surface area contributed by atoms with E-state index in [2.05, 4.69) is 6.92 Å². The number of hydrogen-bond acceptors (Lipinski definition) is 4. The molecule has 1 aliphatic heterocycles. The molecule has 2 fully saturated rings. The van der Waals surface area contributed by atoms with Gasteiger partial charge in [-0.2, -0.15) is 0 Å². The maximum absolute atomic E-state index is 12.1. The van der Waals surface area contributed by atoms with Gasteiger partial charge in [-0.05, 0) is 52.4 Å². The molecule has 0 spiro atoms. The monoisotopic (exact) mass is 326 g/mol. The predicted molar refractivity (Wildman–Crippen MR) is 91.1 cm³/mol. The third-order valence-corrected chi connectivity index (χ3v) is 5.69. The van der Waals surface area contributed by atoms with Crippen LogP contribution in [0.5, 0.6) is 0 Å².